The highest BCUT2D eigenvalue weighted by molar-refractivity contribution is 8.14. The molecular formula is C38H49Cl3N6O8S2. The molecule has 3 N–H and O–H groups in total. The average Bonchev–Trinajstić information content (AvgIpc) is 3.91. The molecule has 0 saturated carbocycles. The zero-order valence-corrected chi connectivity index (χ0v) is 36.8. The Hall–Kier alpha value is -2.99. The van der Waals surface area contributed by atoms with Gasteiger partial charge in [0.25, 0.3) is 9.05 Å². The van der Waals surface area contributed by atoms with Crippen molar-refractivity contribution in [3.8, 4) is 0 Å². The van der Waals surface area contributed by atoms with Crippen molar-refractivity contribution in [1.82, 2.24) is 30.2 Å². The average molecular weight is 888 g/mol. The van der Waals surface area contributed by atoms with E-state index in [0.717, 1.165) is 45.3 Å². The highest BCUT2D eigenvalue weighted by Gasteiger charge is 2.47. The van der Waals surface area contributed by atoms with Crippen LogP contribution in [0.5, 0.6) is 0 Å². The fourth-order valence-electron chi connectivity index (χ4n) is 7.57. The number of fused-ring (bicyclic) bond motifs is 2. The van der Waals surface area contributed by atoms with Crippen molar-refractivity contribution in [3.05, 3.63) is 46.1 Å². The molecule has 14 nitrogen and oxygen atoms in total. The molecule has 0 unspecified atom stereocenters. The number of aromatic nitrogens is 2. The summed E-state index contributed by atoms with van der Waals surface area (Å²) in [7, 11) is -2.50. The van der Waals surface area contributed by atoms with E-state index in [9.17, 15) is 26.4 Å². The summed E-state index contributed by atoms with van der Waals surface area (Å²) in [5.74, 6) is 1.22. The van der Waals surface area contributed by atoms with Gasteiger partial charge in [0.2, 0.25) is 33.6 Å². The third-order valence-corrected chi connectivity index (χ3v) is 15.2. The van der Waals surface area contributed by atoms with Gasteiger partial charge < -0.3 is 24.8 Å². The zero-order valence-electron chi connectivity index (χ0n) is 32.9. The number of oxazole rings is 2. The van der Waals surface area contributed by atoms with Gasteiger partial charge in [0, 0.05) is 47.7 Å². The summed E-state index contributed by atoms with van der Waals surface area (Å²) >= 11 is 12.2. The molecule has 0 bridgehead atoms. The van der Waals surface area contributed by atoms with Gasteiger partial charge in [-0.05, 0) is 75.9 Å². The first-order chi connectivity index (χ1) is 26.5. The number of sulfonamides is 1. The first-order valence-electron chi connectivity index (χ1n) is 18.9. The van der Waals surface area contributed by atoms with E-state index >= 15 is 0 Å². The van der Waals surface area contributed by atoms with Crippen LogP contribution in [0, 0.1) is 10.8 Å². The molecule has 312 valence electrons. The van der Waals surface area contributed by atoms with Crippen LogP contribution in [0.4, 0.5) is 0 Å². The molecule has 4 fully saturated rings. The van der Waals surface area contributed by atoms with Crippen molar-refractivity contribution in [2.75, 3.05) is 39.3 Å². The van der Waals surface area contributed by atoms with Crippen molar-refractivity contribution in [3.63, 3.8) is 0 Å². The SMILES string of the molecule is CC(C)(C)c1nc2ccc(Cl)c(S(=O)(=O)Cl)c2o1.CC(C)(C)c1nc2ccc(Cl)c(S(=O)(=O)N3CCC4(CCNC4=O)CC3)c2o1.O=C1NCCC12CCNCC2. The molecule has 19 heteroatoms. The smallest absolute Gasteiger partial charge is 0.266 e. The van der Waals surface area contributed by atoms with E-state index in [4.69, 9.17) is 42.7 Å². The van der Waals surface area contributed by atoms with Gasteiger partial charge in [-0.15, -0.1) is 0 Å². The number of hydrogen-bond acceptors (Lipinski definition) is 11. The first-order valence-corrected chi connectivity index (χ1v) is 23.4. The van der Waals surface area contributed by atoms with Gasteiger partial charge in [-0.3, -0.25) is 9.59 Å². The minimum Gasteiger partial charge on any atom is -0.439 e. The van der Waals surface area contributed by atoms with Crippen molar-refractivity contribution >= 4 is 87.0 Å². The number of nitrogens with zero attached hydrogens (tertiary/aromatic N) is 3. The predicted molar refractivity (Wildman–Crippen MR) is 219 cm³/mol. The molecule has 2 aromatic heterocycles. The Morgan fingerprint density at radius 1 is 0.649 bits per heavy atom. The lowest BCUT2D eigenvalue weighted by Gasteiger charge is -2.36. The van der Waals surface area contributed by atoms with E-state index in [-0.39, 0.29) is 66.2 Å². The largest absolute Gasteiger partial charge is 0.439 e. The van der Waals surface area contributed by atoms with Crippen LogP contribution >= 0.6 is 33.9 Å². The zero-order chi connectivity index (χ0) is 41.8. The minimum absolute atomic E-state index is 0.0191. The Morgan fingerprint density at radius 2 is 1.05 bits per heavy atom. The van der Waals surface area contributed by atoms with Crippen LogP contribution < -0.4 is 16.0 Å². The topological polar surface area (TPSA) is 194 Å². The van der Waals surface area contributed by atoms with E-state index in [1.807, 2.05) is 41.5 Å². The number of rotatable bonds is 3. The lowest BCUT2D eigenvalue weighted by molar-refractivity contribution is -0.129. The van der Waals surface area contributed by atoms with Crippen LogP contribution in [0.25, 0.3) is 22.2 Å². The van der Waals surface area contributed by atoms with Gasteiger partial charge in [-0.2, -0.15) is 4.31 Å². The Kier molecular flexibility index (Phi) is 12.1. The summed E-state index contributed by atoms with van der Waals surface area (Å²) in [6.45, 7) is 15.7. The molecule has 6 heterocycles. The van der Waals surface area contributed by atoms with E-state index in [1.54, 1.807) is 18.2 Å². The molecule has 2 aromatic carbocycles. The van der Waals surface area contributed by atoms with E-state index in [2.05, 4.69) is 25.9 Å². The Bertz CT molecular complexity index is 2410. The van der Waals surface area contributed by atoms with Gasteiger partial charge in [-0.25, -0.2) is 26.8 Å². The van der Waals surface area contributed by atoms with Crippen molar-refractivity contribution in [1.29, 1.82) is 0 Å². The van der Waals surface area contributed by atoms with Gasteiger partial charge in [0.15, 0.2) is 11.2 Å². The second-order valence-electron chi connectivity index (χ2n) is 17.2. The van der Waals surface area contributed by atoms with Crippen LogP contribution in [0.3, 0.4) is 0 Å². The van der Waals surface area contributed by atoms with E-state index in [0.29, 0.717) is 48.1 Å². The Morgan fingerprint density at radius 3 is 1.46 bits per heavy atom. The summed E-state index contributed by atoms with van der Waals surface area (Å²) in [5, 5.41) is 9.19. The number of benzene rings is 2. The lowest BCUT2D eigenvalue weighted by Crippen LogP contribution is -2.46. The molecule has 2 amide bonds. The number of halogens is 3. The quantitative estimate of drug-likeness (QED) is 0.187. The minimum atomic E-state index is -3.99. The molecule has 2 spiro atoms. The first kappa shape index (κ1) is 43.6. The fourth-order valence-corrected chi connectivity index (χ4v) is 11.3. The Balaban J connectivity index is 0.000000161. The molecule has 4 saturated heterocycles. The van der Waals surface area contributed by atoms with Crippen LogP contribution in [0.2, 0.25) is 10.0 Å². The number of piperidine rings is 2. The van der Waals surface area contributed by atoms with Gasteiger partial charge in [0.05, 0.1) is 20.9 Å². The summed E-state index contributed by atoms with van der Waals surface area (Å²) in [6.07, 6.45) is 4.88. The second kappa shape index (κ2) is 15.9. The van der Waals surface area contributed by atoms with Crippen LogP contribution in [0.1, 0.15) is 91.8 Å². The molecule has 8 rings (SSSR count). The summed E-state index contributed by atoms with van der Waals surface area (Å²) < 4.78 is 62.7. The number of amides is 2. The van der Waals surface area contributed by atoms with Crippen LogP contribution in [-0.2, 0) is 39.5 Å². The van der Waals surface area contributed by atoms with Gasteiger partial charge in [-0.1, -0.05) is 64.7 Å². The summed E-state index contributed by atoms with van der Waals surface area (Å²) in [5.41, 5.74) is 0.0658. The standard InChI is InChI=1S/C19H24ClN3O4S.C11H11Cl2NO3S.C8H14N2O/c1-18(2,3)17-22-13-5-4-12(20)15(14(13)27-17)28(25,26)23-10-7-19(8-11-23)6-9-21-16(19)24;1-11(2,3)10-14-7-5-4-6(12)9(8(7)17-10)18(13,15)16;11-7-8(3-6-10-7)1-4-9-5-2-8/h4-5H,6-11H2,1-3H3,(H,21,24);4-5H,1-3H3;9H,1-6H2,(H,10,11). The molecule has 4 aromatic rings. The maximum Gasteiger partial charge on any atom is 0.266 e. The van der Waals surface area contributed by atoms with Crippen LogP contribution in [0.15, 0.2) is 42.9 Å². The normalized spacial score (nSPS) is 19.9. The molecule has 0 aliphatic carbocycles. The fraction of sp³-hybridized carbons (Fsp3) is 0.579. The number of nitrogens with one attached hydrogen (secondary N) is 3. The Labute approximate surface area is 347 Å². The van der Waals surface area contributed by atoms with E-state index < -0.39 is 24.5 Å². The summed E-state index contributed by atoms with van der Waals surface area (Å²) in [4.78, 5) is 32.0. The van der Waals surface area contributed by atoms with Crippen molar-refractivity contribution < 1.29 is 35.3 Å². The van der Waals surface area contributed by atoms with Crippen molar-refractivity contribution in [2.45, 2.75) is 101 Å². The maximum absolute atomic E-state index is 13.4. The highest BCUT2D eigenvalue weighted by atomic mass is 35.7. The third-order valence-electron chi connectivity index (χ3n) is 11.0. The third kappa shape index (κ3) is 8.83. The number of carbonyl (C=O) groups is 2. The summed E-state index contributed by atoms with van der Waals surface area (Å²) in [6, 6.07) is 6.25. The second-order valence-corrected chi connectivity index (χ2v) is 22.3. The van der Waals surface area contributed by atoms with Crippen LogP contribution in [-0.4, -0.2) is 82.2 Å². The molecule has 4 aliphatic rings. The molecule has 4 aliphatic heterocycles. The predicted octanol–water partition coefficient (Wildman–Crippen LogP) is 6.65. The molecule has 0 atom stereocenters. The maximum atomic E-state index is 13.4. The molecular weight excluding hydrogens is 839 g/mol. The highest BCUT2D eigenvalue weighted by Crippen LogP contribution is 2.42. The van der Waals surface area contributed by atoms with Gasteiger partial charge in [0.1, 0.15) is 20.8 Å². The molecule has 0 radical (unpaired) electrons. The van der Waals surface area contributed by atoms with Crippen molar-refractivity contribution in [2.24, 2.45) is 10.8 Å². The van der Waals surface area contributed by atoms with Gasteiger partial charge >= 0.3 is 0 Å². The number of hydrogen-bond donors (Lipinski definition) is 3. The number of carbonyl (C=O) groups excluding carboxylic acids is 2. The monoisotopic (exact) mass is 886 g/mol. The van der Waals surface area contributed by atoms with E-state index in [1.165, 1.54) is 10.4 Å². The lowest BCUT2D eigenvalue weighted by atomic mass is 9.78. The molecule has 57 heavy (non-hydrogen) atoms.